The van der Waals surface area contributed by atoms with Gasteiger partial charge >= 0.3 is 6.18 Å². The highest BCUT2D eigenvalue weighted by atomic mass is 19.4. The minimum absolute atomic E-state index is 0.108. The number of halogens is 4. The highest BCUT2D eigenvalue weighted by molar-refractivity contribution is 5.95. The van der Waals surface area contributed by atoms with Crippen LogP contribution in [0.3, 0.4) is 0 Å². The minimum atomic E-state index is -4.78. The van der Waals surface area contributed by atoms with Crippen LogP contribution in [0.5, 0.6) is 0 Å². The van der Waals surface area contributed by atoms with Gasteiger partial charge in [-0.05, 0) is 31.5 Å². The number of rotatable bonds is 1. The van der Waals surface area contributed by atoms with E-state index < -0.39 is 23.3 Å². The SMILES string of the molecule is CC(=O)c1cc(C(F)(F)F)c(F)cc1C. The zero-order valence-electron chi connectivity index (χ0n) is 8.07. The van der Waals surface area contributed by atoms with Crippen molar-refractivity contribution in [3.63, 3.8) is 0 Å². The van der Waals surface area contributed by atoms with Crippen molar-refractivity contribution in [2.45, 2.75) is 20.0 Å². The van der Waals surface area contributed by atoms with E-state index >= 15 is 0 Å². The zero-order chi connectivity index (χ0) is 11.8. The molecule has 82 valence electrons. The first-order valence-electron chi connectivity index (χ1n) is 4.11. The van der Waals surface area contributed by atoms with E-state index in [2.05, 4.69) is 0 Å². The van der Waals surface area contributed by atoms with Crippen molar-refractivity contribution in [1.29, 1.82) is 0 Å². The Balaban J connectivity index is 3.43. The molecule has 0 radical (unpaired) electrons. The molecule has 5 heteroatoms. The predicted molar refractivity (Wildman–Crippen MR) is 46.1 cm³/mol. The third-order valence-corrected chi connectivity index (χ3v) is 2.00. The fraction of sp³-hybridized carbons (Fsp3) is 0.300. The summed E-state index contributed by atoms with van der Waals surface area (Å²) >= 11 is 0. The molecule has 0 unspecified atom stereocenters. The summed E-state index contributed by atoms with van der Waals surface area (Å²) in [6.07, 6.45) is -4.78. The second-order valence-electron chi connectivity index (χ2n) is 3.20. The molecular weight excluding hydrogens is 212 g/mol. The van der Waals surface area contributed by atoms with Gasteiger partial charge in [0.05, 0.1) is 5.56 Å². The van der Waals surface area contributed by atoms with Crippen molar-refractivity contribution in [3.8, 4) is 0 Å². The number of carbonyl (C=O) groups excluding carboxylic acids is 1. The van der Waals surface area contributed by atoms with Gasteiger partial charge < -0.3 is 0 Å². The fourth-order valence-electron chi connectivity index (χ4n) is 1.27. The van der Waals surface area contributed by atoms with E-state index in [1.165, 1.54) is 6.92 Å². The zero-order valence-corrected chi connectivity index (χ0v) is 8.07. The Labute approximate surface area is 83.7 Å². The van der Waals surface area contributed by atoms with Crippen LogP contribution in [0.1, 0.15) is 28.4 Å². The number of benzene rings is 1. The van der Waals surface area contributed by atoms with Gasteiger partial charge in [-0.25, -0.2) is 4.39 Å². The van der Waals surface area contributed by atoms with Crippen molar-refractivity contribution >= 4 is 5.78 Å². The average Bonchev–Trinajstić information content (AvgIpc) is 2.00. The predicted octanol–water partition coefficient (Wildman–Crippen LogP) is 3.36. The lowest BCUT2D eigenvalue weighted by Gasteiger charge is -2.10. The lowest BCUT2D eigenvalue weighted by Crippen LogP contribution is -2.11. The molecule has 0 bridgehead atoms. The van der Waals surface area contributed by atoms with Gasteiger partial charge in [0.1, 0.15) is 5.82 Å². The molecule has 1 aromatic rings. The van der Waals surface area contributed by atoms with E-state index in [9.17, 15) is 22.4 Å². The van der Waals surface area contributed by atoms with Gasteiger partial charge in [-0.15, -0.1) is 0 Å². The van der Waals surface area contributed by atoms with Crippen molar-refractivity contribution in [1.82, 2.24) is 0 Å². The number of ketones is 1. The largest absolute Gasteiger partial charge is 0.419 e. The maximum Gasteiger partial charge on any atom is 0.419 e. The topological polar surface area (TPSA) is 17.1 Å². The van der Waals surface area contributed by atoms with Crippen molar-refractivity contribution in [3.05, 3.63) is 34.6 Å². The third kappa shape index (κ3) is 2.34. The molecule has 0 saturated carbocycles. The smallest absolute Gasteiger partial charge is 0.295 e. The Morgan fingerprint density at radius 2 is 1.80 bits per heavy atom. The summed E-state index contributed by atoms with van der Waals surface area (Å²) in [6, 6.07) is 1.27. The Bertz CT molecular complexity index is 407. The van der Waals surface area contributed by atoms with Gasteiger partial charge in [-0.1, -0.05) is 0 Å². The number of carbonyl (C=O) groups is 1. The second-order valence-corrected chi connectivity index (χ2v) is 3.20. The fourth-order valence-corrected chi connectivity index (χ4v) is 1.27. The van der Waals surface area contributed by atoms with E-state index in [1.54, 1.807) is 0 Å². The van der Waals surface area contributed by atoms with Crippen molar-refractivity contribution in [2.24, 2.45) is 0 Å². The molecule has 0 saturated heterocycles. The molecule has 0 aliphatic heterocycles. The summed E-state index contributed by atoms with van der Waals surface area (Å²) in [5.41, 5.74) is -1.31. The van der Waals surface area contributed by atoms with Crippen LogP contribution in [-0.2, 0) is 6.18 Å². The Kier molecular flexibility index (Phi) is 2.83. The molecule has 0 amide bonds. The molecule has 0 aliphatic carbocycles. The molecule has 0 spiro atoms. The third-order valence-electron chi connectivity index (χ3n) is 2.00. The quantitative estimate of drug-likeness (QED) is 0.524. The average molecular weight is 220 g/mol. The highest BCUT2D eigenvalue weighted by Crippen LogP contribution is 2.32. The molecular formula is C10H8F4O. The molecule has 1 rings (SSSR count). The van der Waals surface area contributed by atoms with Gasteiger partial charge in [-0.3, -0.25) is 4.79 Å². The summed E-state index contributed by atoms with van der Waals surface area (Å²) in [5.74, 6) is -1.87. The molecule has 0 N–H and O–H groups in total. The molecule has 15 heavy (non-hydrogen) atoms. The first-order chi connectivity index (χ1) is 6.73. The van der Waals surface area contributed by atoms with Crippen molar-refractivity contribution < 1.29 is 22.4 Å². The summed E-state index contributed by atoms with van der Waals surface area (Å²) in [7, 11) is 0. The number of hydrogen-bond acceptors (Lipinski definition) is 1. The van der Waals surface area contributed by atoms with Crippen LogP contribution in [0.25, 0.3) is 0 Å². The minimum Gasteiger partial charge on any atom is -0.295 e. The summed E-state index contributed by atoms with van der Waals surface area (Å²) in [4.78, 5) is 11.0. The van der Waals surface area contributed by atoms with E-state index in [-0.39, 0.29) is 11.1 Å². The summed E-state index contributed by atoms with van der Waals surface area (Å²) in [6.45, 7) is 2.53. The highest BCUT2D eigenvalue weighted by Gasteiger charge is 2.34. The first kappa shape index (κ1) is 11.7. The molecule has 0 atom stereocenters. The Hall–Kier alpha value is -1.39. The van der Waals surface area contributed by atoms with E-state index in [0.29, 0.717) is 6.07 Å². The molecule has 1 nitrogen and oxygen atoms in total. The standard InChI is InChI=1S/C10H8F4O/c1-5-3-9(11)8(10(12,13)14)4-7(5)6(2)15/h3-4H,1-2H3. The second kappa shape index (κ2) is 3.64. The van der Waals surface area contributed by atoms with Crippen LogP contribution in [0.2, 0.25) is 0 Å². The van der Waals surface area contributed by atoms with Gasteiger partial charge in [0.2, 0.25) is 0 Å². The molecule has 0 heterocycles. The van der Waals surface area contributed by atoms with E-state index in [4.69, 9.17) is 0 Å². The Morgan fingerprint density at radius 1 is 1.27 bits per heavy atom. The maximum atomic E-state index is 13.0. The van der Waals surface area contributed by atoms with Gasteiger partial charge in [0, 0.05) is 5.56 Å². The first-order valence-corrected chi connectivity index (χ1v) is 4.11. The van der Waals surface area contributed by atoms with Crippen LogP contribution >= 0.6 is 0 Å². The van der Waals surface area contributed by atoms with E-state index in [1.807, 2.05) is 0 Å². The van der Waals surface area contributed by atoms with Gasteiger partial charge in [0.15, 0.2) is 5.78 Å². The molecule has 0 aliphatic rings. The van der Waals surface area contributed by atoms with Crippen LogP contribution in [0, 0.1) is 12.7 Å². The van der Waals surface area contributed by atoms with Gasteiger partial charge in [-0.2, -0.15) is 13.2 Å². The maximum absolute atomic E-state index is 13.0. The lowest BCUT2D eigenvalue weighted by atomic mass is 10.0. The van der Waals surface area contributed by atoms with Crippen LogP contribution < -0.4 is 0 Å². The number of alkyl halides is 3. The molecule has 0 aromatic heterocycles. The molecule has 0 fully saturated rings. The number of aryl methyl sites for hydroxylation is 1. The van der Waals surface area contributed by atoms with Gasteiger partial charge in [0.25, 0.3) is 0 Å². The monoisotopic (exact) mass is 220 g/mol. The lowest BCUT2D eigenvalue weighted by molar-refractivity contribution is -0.140. The number of Topliss-reactive ketones (excluding diaryl/α,β-unsaturated/α-hetero) is 1. The van der Waals surface area contributed by atoms with Crippen LogP contribution in [-0.4, -0.2) is 5.78 Å². The normalized spacial score (nSPS) is 11.6. The number of hydrogen-bond donors (Lipinski definition) is 0. The van der Waals surface area contributed by atoms with Crippen molar-refractivity contribution in [2.75, 3.05) is 0 Å². The van der Waals surface area contributed by atoms with Crippen LogP contribution in [0.4, 0.5) is 17.6 Å². The summed E-state index contributed by atoms with van der Waals surface area (Å²) < 4.78 is 49.8. The van der Waals surface area contributed by atoms with Crippen LogP contribution in [0.15, 0.2) is 12.1 Å². The van der Waals surface area contributed by atoms with E-state index in [0.717, 1.165) is 13.0 Å². The molecule has 1 aromatic carbocycles. The summed E-state index contributed by atoms with van der Waals surface area (Å²) in [5, 5.41) is 0. The Morgan fingerprint density at radius 3 is 2.20 bits per heavy atom.